The Hall–Kier alpha value is -1.66. The van der Waals surface area contributed by atoms with Crippen LogP contribution in [0.4, 0.5) is 0 Å². The van der Waals surface area contributed by atoms with Gasteiger partial charge >= 0.3 is 0 Å². The highest BCUT2D eigenvalue weighted by atomic mass is 35.5. The van der Waals surface area contributed by atoms with Crippen LogP contribution in [0, 0.1) is 0 Å². The van der Waals surface area contributed by atoms with Crippen LogP contribution in [0.3, 0.4) is 0 Å². The predicted molar refractivity (Wildman–Crippen MR) is 105 cm³/mol. The number of hydrogen-bond acceptors (Lipinski definition) is 3. The first-order valence-corrected chi connectivity index (χ1v) is 9.73. The van der Waals surface area contributed by atoms with E-state index in [2.05, 4.69) is 5.32 Å². The van der Waals surface area contributed by atoms with Crippen LogP contribution in [0.5, 0.6) is 0 Å². The van der Waals surface area contributed by atoms with E-state index in [9.17, 15) is 8.42 Å². The topological polar surface area (TPSA) is 49.4 Å². The third-order valence-electron chi connectivity index (χ3n) is 4.65. The van der Waals surface area contributed by atoms with Crippen molar-refractivity contribution < 1.29 is 8.42 Å². The van der Waals surface area contributed by atoms with Crippen molar-refractivity contribution in [3.05, 3.63) is 54.6 Å². The first-order valence-electron chi connectivity index (χ1n) is 8.29. The lowest BCUT2D eigenvalue weighted by Gasteiger charge is -2.21. The molecule has 0 radical (unpaired) electrons. The van der Waals surface area contributed by atoms with Gasteiger partial charge in [-0.2, -0.15) is 4.31 Å². The predicted octanol–water partition coefficient (Wildman–Crippen LogP) is 3.40. The van der Waals surface area contributed by atoms with Crippen LogP contribution in [-0.2, 0) is 10.0 Å². The van der Waals surface area contributed by atoms with Crippen LogP contribution in [0.15, 0.2) is 59.5 Å². The van der Waals surface area contributed by atoms with Crippen LogP contribution in [-0.4, -0.2) is 38.9 Å². The fourth-order valence-electron chi connectivity index (χ4n) is 3.43. The summed E-state index contributed by atoms with van der Waals surface area (Å²) in [6.45, 7) is 2.65. The maximum absolute atomic E-state index is 13.3. The van der Waals surface area contributed by atoms with E-state index in [1.165, 1.54) is 0 Å². The fourth-order valence-corrected chi connectivity index (χ4v) is 5.14. The van der Waals surface area contributed by atoms with Gasteiger partial charge in [-0.1, -0.05) is 48.5 Å². The molecule has 0 atom stereocenters. The number of fused-ring (bicyclic) bond motifs is 3. The van der Waals surface area contributed by atoms with Crippen molar-refractivity contribution in [2.75, 3.05) is 26.2 Å². The molecule has 132 valence electrons. The molecule has 1 aliphatic heterocycles. The summed E-state index contributed by atoms with van der Waals surface area (Å²) in [7, 11) is -3.51. The summed E-state index contributed by atoms with van der Waals surface area (Å²) in [5.41, 5.74) is 0. The van der Waals surface area contributed by atoms with Crippen LogP contribution in [0.1, 0.15) is 6.42 Å². The van der Waals surface area contributed by atoms with Gasteiger partial charge in [-0.05, 0) is 35.2 Å². The summed E-state index contributed by atoms with van der Waals surface area (Å²) in [6.07, 6.45) is 0.838. The second-order valence-corrected chi connectivity index (χ2v) is 8.06. The Morgan fingerprint density at radius 2 is 1.52 bits per heavy atom. The summed E-state index contributed by atoms with van der Waals surface area (Å²) in [4.78, 5) is 0.415. The molecule has 0 aromatic heterocycles. The molecule has 0 saturated carbocycles. The number of sulfonamides is 1. The Morgan fingerprint density at radius 1 is 0.840 bits per heavy atom. The lowest BCUT2D eigenvalue weighted by Crippen LogP contribution is -2.34. The maximum atomic E-state index is 13.3. The molecule has 3 aromatic rings. The Balaban J connectivity index is 0.00000182. The smallest absolute Gasteiger partial charge is 0.243 e. The standard InChI is InChI=1S/C19H20N2O2S.ClH/c22-24(23,21-12-5-10-20-11-13-21)19-14-15-6-1-2-7-16(15)17-8-3-4-9-18(17)19;/h1-4,6-9,14,20H,5,10-13H2;1H. The molecule has 0 unspecified atom stereocenters. The third kappa shape index (κ3) is 3.25. The molecule has 0 aliphatic carbocycles. The molecule has 4 nitrogen and oxygen atoms in total. The number of nitrogens with zero attached hydrogens (tertiary/aromatic N) is 1. The molecular formula is C19H21ClN2O2S. The molecule has 1 saturated heterocycles. The van der Waals surface area contributed by atoms with E-state index < -0.39 is 10.0 Å². The van der Waals surface area contributed by atoms with Crippen molar-refractivity contribution in [1.29, 1.82) is 0 Å². The van der Waals surface area contributed by atoms with E-state index in [-0.39, 0.29) is 12.4 Å². The second kappa shape index (κ2) is 7.30. The molecule has 3 aromatic carbocycles. The lowest BCUT2D eigenvalue weighted by molar-refractivity contribution is 0.432. The lowest BCUT2D eigenvalue weighted by atomic mass is 10.0. The van der Waals surface area contributed by atoms with Gasteiger partial charge in [0, 0.05) is 25.0 Å². The molecular weight excluding hydrogens is 356 g/mol. The summed E-state index contributed by atoms with van der Waals surface area (Å²) >= 11 is 0. The maximum Gasteiger partial charge on any atom is 0.243 e. The quantitative estimate of drug-likeness (QED) is 0.697. The van der Waals surface area contributed by atoms with Gasteiger partial charge in [0.2, 0.25) is 10.0 Å². The molecule has 1 fully saturated rings. The zero-order chi connectivity index (χ0) is 16.6. The minimum atomic E-state index is -3.51. The highest BCUT2D eigenvalue weighted by Gasteiger charge is 2.27. The van der Waals surface area contributed by atoms with Gasteiger partial charge in [-0.25, -0.2) is 8.42 Å². The van der Waals surface area contributed by atoms with Crippen molar-refractivity contribution in [3.63, 3.8) is 0 Å². The number of benzene rings is 3. The number of halogens is 1. The zero-order valence-electron chi connectivity index (χ0n) is 13.8. The van der Waals surface area contributed by atoms with Gasteiger partial charge < -0.3 is 5.32 Å². The largest absolute Gasteiger partial charge is 0.315 e. The Bertz CT molecular complexity index is 997. The Kier molecular flexibility index (Phi) is 5.29. The van der Waals surface area contributed by atoms with Gasteiger partial charge in [0.1, 0.15) is 0 Å². The molecule has 0 amide bonds. The highest BCUT2D eigenvalue weighted by Crippen LogP contribution is 2.32. The fraction of sp³-hybridized carbons (Fsp3) is 0.263. The molecule has 25 heavy (non-hydrogen) atoms. The molecule has 6 heteroatoms. The van der Waals surface area contributed by atoms with Crippen molar-refractivity contribution in [2.24, 2.45) is 0 Å². The third-order valence-corrected chi connectivity index (χ3v) is 6.59. The Morgan fingerprint density at radius 3 is 2.32 bits per heavy atom. The second-order valence-electron chi connectivity index (χ2n) is 6.15. The number of rotatable bonds is 2. The summed E-state index contributed by atoms with van der Waals surface area (Å²) in [5, 5.41) is 7.10. The average Bonchev–Trinajstić information content (AvgIpc) is 2.91. The van der Waals surface area contributed by atoms with Gasteiger partial charge in [0.05, 0.1) is 4.90 Å². The van der Waals surface area contributed by atoms with E-state index in [1.807, 2.05) is 54.6 Å². The normalized spacial score (nSPS) is 16.5. The molecule has 1 heterocycles. The summed E-state index contributed by atoms with van der Waals surface area (Å²) < 4.78 is 28.2. The van der Waals surface area contributed by atoms with Crippen LogP contribution in [0.25, 0.3) is 21.5 Å². The van der Waals surface area contributed by atoms with E-state index in [1.54, 1.807) is 4.31 Å². The Labute approximate surface area is 154 Å². The van der Waals surface area contributed by atoms with E-state index >= 15 is 0 Å². The van der Waals surface area contributed by atoms with Gasteiger partial charge in [-0.3, -0.25) is 0 Å². The van der Waals surface area contributed by atoms with Gasteiger partial charge in [-0.15, -0.1) is 12.4 Å². The minimum Gasteiger partial charge on any atom is -0.315 e. The van der Waals surface area contributed by atoms with E-state index in [4.69, 9.17) is 0 Å². The van der Waals surface area contributed by atoms with E-state index in [0.29, 0.717) is 24.5 Å². The summed E-state index contributed by atoms with van der Waals surface area (Å²) in [5.74, 6) is 0. The first-order chi connectivity index (χ1) is 11.7. The number of hydrogen-bond donors (Lipinski definition) is 1. The number of nitrogens with one attached hydrogen (secondary N) is 1. The molecule has 0 spiro atoms. The highest BCUT2D eigenvalue weighted by molar-refractivity contribution is 7.89. The van der Waals surface area contributed by atoms with Crippen molar-refractivity contribution in [1.82, 2.24) is 9.62 Å². The van der Waals surface area contributed by atoms with E-state index in [0.717, 1.165) is 34.5 Å². The molecule has 4 rings (SSSR count). The zero-order valence-corrected chi connectivity index (χ0v) is 15.4. The average molecular weight is 377 g/mol. The monoisotopic (exact) mass is 376 g/mol. The van der Waals surface area contributed by atoms with Crippen LogP contribution >= 0.6 is 12.4 Å². The van der Waals surface area contributed by atoms with Crippen molar-refractivity contribution >= 4 is 44.0 Å². The molecule has 1 N–H and O–H groups in total. The van der Waals surface area contributed by atoms with Crippen LogP contribution < -0.4 is 5.32 Å². The molecule has 0 bridgehead atoms. The molecule has 1 aliphatic rings. The van der Waals surface area contributed by atoms with Crippen LogP contribution in [0.2, 0.25) is 0 Å². The van der Waals surface area contributed by atoms with Gasteiger partial charge in [0.25, 0.3) is 0 Å². The first kappa shape index (κ1) is 18.1. The van der Waals surface area contributed by atoms with Gasteiger partial charge in [0.15, 0.2) is 0 Å². The minimum absolute atomic E-state index is 0. The summed E-state index contributed by atoms with van der Waals surface area (Å²) in [6, 6.07) is 17.6. The van der Waals surface area contributed by atoms with Crippen molar-refractivity contribution in [3.8, 4) is 0 Å². The van der Waals surface area contributed by atoms with Crippen molar-refractivity contribution in [2.45, 2.75) is 11.3 Å². The SMILES string of the molecule is Cl.O=S(=O)(c1cc2ccccc2c2ccccc12)N1CCCNCC1.